The molecule has 1 aromatic heterocycles. The molecule has 5 rings (SSSR count). The van der Waals surface area contributed by atoms with Gasteiger partial charge in [0.2, 0.25) is 10.0 Å². The average molecular weight is 492 g/mol. The van der Waals surface area contributed by atoms with Gasteiger partial charge in [0.25, 0.3) is 5.91 Å². The number of sulfonamides is 1. The summed E-state index contributed by atoms with van der Waals surface area (Å²) >= 11 is 0. The van der Waals surface area contributed by atoms with E-state index in [1.165, 1.54) is 23.5 Å². The highest BCUT2D eigenvalue weighted by atomic mass is 32.2. The van der Waals surface area contributed by atoms with E-state index in [0.717, 1.165) is 22.0 Å². The highest BCUT2D eigenvalue weighted by molar-refractivity contribution is 7.89. The van der Waals surface area contributed by atoms with E-state index in [0.29, 0.717) is 24.4 Å². The van der Waals surface area contributed by atoms with Crippen molar-refractivity contribution in [2.75, 3.05) is 13.7 Å². The number of para-hydroxylation sites is 1. The second-order valence-electron chi connectivity index (χ2n) is 8.37. The third kappa shape index (κ3) is 3.97. The molecule has 0 bridgehead atoms. The number of carbonyl (C=O) groups excluding carboxylic acids is 1. The van der Waals surface area contributed by atoms with Crippen LogP contribution in [0.15, 0.2) is 83.8 Å². The van der Waals surface area contributed by atoms with Crippen LogP contribution in [-0.4, -0.2) is 42.1 Å². The number of hydrogen-bond acceptors (Lipinski definition) is 5. The maximum Gasteiger partial charge on any atom is 0.267 e. The van der Waals surface area contributed by atoms with Crippen LogP contribution in [0.25, 0.3) is 10.9 Å². The van der Waals surface area contributed by atoms with Crippen molar-refractivity contribution in [2.45, 2.75) is 23.9 Å². The lowest BCUT2D eigenvalue weighted by Gasteiger charge is -2.34. The first-order valence-corrected chi connectivity index (χ1v) is 12.6. The molecule has 0 saturated carbocycles. The molecule has 2 N–H and O–H groups in total. The molecule has 9 heteroatoms. The predicted octanol–water partition coefficient (Wildman–Crippen LogP) is 3.49. The Labute approximate surface area is 203 Å². The van der Waals surface area contributed by atoms with Crippen molar-refractivity contribution in [1.82, 2.24) is 14.4 Å². The third-order valence-electron chi connectivity index (χ3n) is 6.46. The Hall–Kier alpha value is -3.66. The minimum Gasteiger partial charge on any atom is -0.497 e. The fourth-order valence-electron chi connectivity index (χ4n) is 4.85. The minimum atomic E-state index is -4.07. The molecule has 180 valence electrons. The largest absolute Gasteiger partial charge is 0.497 e. The van der Waals surface area contributed by atoms with Crippen molar-refractivity contribution < 1.29 is 23.2 Å². The highest BCUT2D eigenvalue weighted by Crippen LogP contribution is 2.40. The second kappa shape index (κ2) is 9.18. The first kappa shape index (κ1) is 23.1. The number of hydrogen-bond donors (Lipinski definition) is 2. The number of nitrogens with zero attached hydrogens (tertiary/aromatic N) is 2. The van der Waals surface area contributed by atoms with Crippen molar-refractivity contribution in [2.24, 2.45) is 0 Å². The smallest absolute Gasteiger partial charge is 0.267 e. The summed E-state index contributed by atoms with van der Waals surface area (Å²) in [6, 6.07) is 22.4. The molecule has 0 saturated heterocycles. The first-order valence-electron chi connectivity index (χ1n) is 11.2. The van der Waals surface area contributed by atoms with Gasteiger partial charge in [-0.1, -0.05) is 48.5 Å². The quantitative estimate of drug-likeness (QED) is 0.318. The number of ether oxygens (including phenoxy) is 1. The lowest BCUT2D eigenvalue weighted by atomic mass is 9.98. The van der Waals surface area contributed by atoms with Gasteiger partial charge in [-0.05, 0) is 47.9 Å². The van der Waals surface area contributed by atoms with Crippen molar-refractivity contribution in [1.29, 1.82) is 0 Å². The molecule has 1 aliphatic rings. The lowest BCUT2D eigenvalue weighted by molar-refractivity contribution is -0.133. The number of carbonyl (C=O) groups is 1. The average Bonchev–Trinajstić information content (AvgIpc) is 3.22. The standard InChI is InChI=1S/C26H25N3O5S/c1-34-19-11-13-20(14-12-19)35(32,33)29-16-15-22-21-9-5-6-10-23(21)28(17-18-7-3-2-4-8-18)24(22)25(29)26(30)27-31/h2-14,25,31H,15-17H2,1H3,(H,27,30)/t25-/m1/s1. The molecule has 2 heterocycles. The zero-order valence-electron chi connectivity index (χ0n) is 19.1. The molecule has 0 aliphatic carbocycles. The van der Waals surface area contributed by atoms with Gasteiger partial charge < -0.3 is 9.30 Å². The van der Waals surface area contributed by atoms with Crippen LogP contribution in [0.5, 0.6) is 5.75 Å². The number of amides is 1. The van der Waals surface area contributed by atoms with E-state index in [1.54, 1.807) is 17.6 Å². The summed E-state index contributed by atoms with van der Waals surface area (Å²) in [4.78, 5) is 13.1. The van der Waals surface area contributed by atoms with Gasteiger partial charge in [0.05, 0.1) is 17.7 Å². The fourth-order valence-corrected chi connectivity index (χ4v) is 6.41. The van der Waals surface area contributed by atoms with E-state index in [2.05, 4.69) is 0 Å². The maximum atomic E-state index is 13.7. The summed E-state index contributed by atoms with van der Waals surface area (Å²) < 4.78 is 35.8. The van der Waals surface area contributed by atoms with Crippen LogP contribution in [-0.2, 0) is 27.8 Å². The molecule has 3 aromatic carbocycles. The van der Waals surface area contributed by atoms with E-state index in [-0.39, 0.29) is 11.4 Å². The van der Waals surface area contributed by atoms with E-state index >= 15 is 0 Å². The van der Waals surface area contributed by atoms with E-state index in [4.69, 9.17) is 4.74 Å². The number of rotatable bonds is 6. The van der Waals surface area contributed by atoms with Crippen LogP contribution in [0.1, 0.15) is 22.9 Å². The Morgan fingerprint density at radius 2 is 1.71 bits per heavy atom. The van der Waals surface area contributed by atoms with Crippen LogP contribution < -0.4 is 10.2 Å². The van der Waals surface area contributed by atoms with Crippen molar-refractivity contribution in [3.8, 4) is 5.75 Å². The number of benzene rings is 3. The van der Waals surface area contributed by atoms with Crippen molar-refractivity contribution in [3.05, 3.63) is 95.7 Å². The molecule has 0 spiro atoms. The van der Waals surface area contributed by atoms with Crippen LogP contribution in [0.2, 0.25) is 0 Å². The molecule has 1 aliphatic heterocycles. The first-order chi connectivity index (χ1) is 17.0. The Morgan fingerprint density at radius 3 is 2.40 bits per heavy atom. The van der Waals surface area contributed by atoms with Crippen LogP contribution in [0, 0.1) is 0 Å². The molecule has 35 heavy (non-hydrogen) atoms. The van der Waals surface area contributed by atoms with Gasteiger partial charge in [0.1, 0.15) is 11.8 Å². The zero-order valence-corrected chi connectivity index (χ0v) is 19.9. The normalized spacial score (nSPS) is 16.1. The molecule has 4 aromatic rings. The Balaban J connectivity index is 1.69. The summed E-state index contributed by atoms with van der Waals surface area (Å²) in [5.41, 5.74) is 5.09. The Morgan fingerprint density at radius 1 is 1.03 bits per heavy atom. The van der Waals surface area contributed by atoms with Crippen LogP contribution >= 0.6 is 0 Å². The van der Waals surface area contributed by atoms with Gasteiger partial charge in [-0.3, -0.25) is 10.0 Å². The van der Waals surface area contributed by atoms with Gasteiger partial charge >= 0.3 is 0 Å². The second-order valence-corrected chi connectivity index (χ2v) is 10.3. The summed E-state index contributed by atoms with van der Waals surface area (Å²) in [6.45, 7) is 0.543. The topological polar surface area (TPSA) is 101 Å². The molecule has 1 amide bonds. The van der Waals surface area contributed by atoms with Gasteiger partial charge in [-0.2, -0.15) is 4.31 Å². The van der Waals surface area contributed by atoms with Gasteiger partial charge in [0.15, 0.2) is 0 Å². The molecule has 8 nitrogen and oxygen atoms in total. The predicted molar refractivity (Wildman–Crippen MR) is 131 cm³/mol. The molecular weight excluding hydrogens is 466 g/mol. The zero-order chi connectivity index (χ0) is 24.6. The molecular formula is C26H25N3O5S. The van der Waals surface area contributed by atoms with Gasteiger partial charge in [-0.15, -0.1) is 0 Å². The summed E-state index contributed by atoms with van der Waals surface area (Å²) in [7, 11) is -2.57. The van der Waals surface area contributed by atoms with Crippen LogP contribution in [0.4, 0.5) is 0 Å². The monoisotopic (exact) mass is 491 g/mol. The third-order valence-corrected chi connectivity index (χ3v) is 8.34. The van der Waals surface area contributed by atoms with Crippen molar-refractivity contribution >= 4 is 26.8 Å². The number of hydroxylamine groups is 1. The molecule has 0 radical (unpaired) electrons. The molecule has 0 unspecified atom stereocenters. The lowest BCUT2D eigenvalue weighted by Crippen LogP contribution is -2.47. The Kier molecular flexibility index (Phi) is 6.06. The fraction of sp³-hybridized carbons (Fsp3) is 0.192. The number of nitrogens with one attached hydrogen (secondary N) is 1. The Bertz CT molecular complexity index is 1480. The molecule has 0 fully saturated rings. The van der Waals surface area contributed by atoms with Crippen LogP contribution in [0.3, 0.4) is 0 Å². The summed E-state index contributed by atoms with van der Waals surface area (Å²) in [5, 5.41) is 10.6. The summed E-state index contributed by atoms with van der Waals surface area (Å²) in [6.07, 6.45) is 0.433. The summed E-state index contributed by atoms with van der Waals surface area (Å²) in [5.74, 6) is -0.280. The van der Waals surface area contributed by atoms with E-state index in [1.807, 2.05) is 59.2 Å². The highest BCUT2D eigenvalue weighted by Gasteiger charge is 2.43. The number of methoxy groups -OCH3 is 1. The van der Waals surface area contributed by atoms with E-state index in [9.17, 15) is 18.4 Å². The number of aromatic nitrogens is 1. The van der Waals surface area contributed by atoms with E-state index < -0.39 is 22.0 Å². The minimum absolute atomic E-state index is 0.0446. The molecule has 1 atom stereocenters. The SMILES string of the molecule is COc1ccc(S(=O)(=O)N2CCc3c(n(Cc4ccccc4)c4ccccc34)[C@@H]2C(=O)NO)cc1. The van der Waals surface area contributed by atoms with Gasteiger partial charge in [-0.25, -0.2) is 13.9 Å². The number of fused-ring (bicyclic) bond motifs is 3. The maximum absolute atomic E-state index is 13.7. The van der Waals surface area contributed by atoms with Gasteiger partial charge in [0, 0.05) is 24.0 Å². The van der Waals surface area contributed by atoms with Crippen molar-refractivity contribution in [3.63, 3.8) is 0 Å².